The summed E-state index contributed by atoms with van der Waals surface area (Å²) in [6.07, 6.45) is 3.49. The zero-order chi connectivity index (χ0) is 15.1. The number of nitrogens with one attached hydrogen (secondary N) is 1. The van der Waals surface area contributed by atoms with Gasteiger partial charge in [-0.25, -0.2) is 0 Å². The van der Waals surface area contributed by atoms with Gasteiger partial charge < -0.3 is 10.1 Å². The number of rotatable bonds is 3. The maximum atomic E-state index is 11.3. The van der Waals surface area contributed by atoms with Gasteiger partial charge >= 0.3 is 0 Å². The first kappa shape index (κ1) is 14.8. The van der Waals surface area contributed by atoms with E-state index in [9.17, 15) is 10.1 Å². The Morgan fingerprint density at radius 1 is 1.40 bits per heavy atom. The van der Waals surface area contributed by atoms with Crippen molar-refractivity contribution in [1.82, 2.24) is 5.32 Å². The van der Waals surface area contributed by atoms with Crippen LogP contribution in [0.25, 0.3) is 0 Å². The summed E-state index contributed by atoms with van der Waals surface area (Å²) in [6, 6.07) is 0.217. The smallest absolute Gasteiger partial charge is 0.281 e. The topological polar surface area (TPSA) is 64.4 Å². The van der Waals surface area contributed by atoms with E-state index in [1.165, 1.54) is 0 Å². The molecule has 2 rings (SSSR count). The number of ether oxygens (including phenoxy) is 1. The summed E-state index contributed by atoms with van der Waals surface area (Å²) >= 11 is 0. The number of nitro groups is 1. The SMILES string of the molecule is CC(C)[C@H]1CO/C(=C2\C([N+](=O)[O-])=CC=C2[Si](C)(C)C)N1. The fraction of sp³-hybridized carbons (Fsp3) is 0.571. The first-order valence-electron chi connectivity index (χ1n) is 6.93. The predicted octanol–water partition coefficient (Wildman–Crippen LogP) is 2.82. The second-order valence-electron chi connectivity index (χ2n) is 6.65. The van der Waals surface area contributed by atoms with E-state index in [4.69, 9.17) is 4.74 Å². The largest absolute Gasteiger partial charge is 0.476 e. The highest BCUT2D eigenvalue weighted by Gasteiger charge is 2.38. The zero-order valence-corrected chi connectivity index (χ0v) is 13.7. The van der Waals surface area contributed by atoms with Gasteiger partial charge in [-0.15, -0.1) is 0 Å². The molecule has 1 N–H and O–H groups in total. The van der Waals surface area contributed by atoms with Crippen molar-refractivity contribution in [2.75, 3.05) is 6.61 Å². The molecule has 0 radical (unpaired) electrons. The molecule has 2 aliphatic rings. The normalized spacial score (nSPS) is 26.2. The van der Waals surface area contributed by atoms with Crippen LogP contribution in [0.2, 0.25) is 19.6 Å². The van der Waals surface area contributed by atoms with Gasteiger partial charge in [-0.3, -0.25) is 10.1 Å². The summed E-state index contributed by atoms with van der Waals surface area (Å²) in [6.45, 7) is 11.4. The lowest BCUT2D eigenvalue weighted by Gasteiger charge is -2.20. The molecule has 1 fully saturated rings. The number of allylic oxidation sites excluding steroid dienone is 3. The third-order valence-electron chi connectivity index (χ3n) is 3.69. The van der Waals surface area contributed by atoms with E-state index >= 15 is 0 Å². The molecule has 0 bridgehead atoms. The van der Waals surface area contributed by atoms with Crippen molar-refractivity contribution in [2.45, 2.75) is 39.5 Å². The molecule has 6 heteroatoms. The molecule has 0 aromatic rings. The quantitative estimate of drug-likeness (QED) is 0.494. The Bertz CT molecular complexity index is 527. The zero-order valence-electron chi connectivity index (χ0n) is 12.7. The van der Waals surface area contributed by atoms with Gasteiger partial charge in [-0.2, -0.15) is 0 Å². The average molecular weight is 294 g/mol. The average Bonchev–Trinajstić information content (AvgIpc) is 2.94. The van der Waals surface area contributed by atoms with Gasteiger partial charge in [0.2, 0.25) is 5.88 Å². The Balaban J connectivity index is 2.41. The van der Waals surface area contributed by atoms with Crippen molar-refractivity contribution < 1.29 is 9.66 Å². The molecular formula is C14H22N2O3Si. The third-order valence-corrected chi connectivity index (χ3v) is 5.73. The van der Waals surface area contributed by atoms with Gasteiger partial charge in [0.05, 0.1) is 19.0 Å². The van der Waals surface area contributed by atoms with Crippen LogP contribution < -0.4 is 5.32 Å². The molecule has 1 aliphatic carbocycles. The van der Waals surface area contributed by atoms with Gasteiger partial charge in [0.1, 0.15) is 12.2 Å². The van der Waals surface area contributed by atoms with Gasteiger partial charge in [0.25, 0.3) is 5.70 Å². The fourth-order valence-corrected chi connectivity index (χ4v) is 3.99. The van der Waals surface area contributed by atoms with Crippen LogP contribution in [-0.4, -0.2) is 25.6 Å². The summed E-state index contributed by atoms with van der Waals surface area (Å²) in [4.78, 5) is 10.9. The Morgan fingerprint density at radius 2 is 2.05 bits per heavy atom. The Kier molecular flexibility index (Phi) is 3.77. The van der Waals surface area contributed by atoms with Gasteiger partial charge in [0.15, 0.2) is 0 Å². The molecule has 1 heterocycles. The highest BCUT2D eigenvalue weighted by molar-refractivity contribution is 6.84. The summed E-state index contributed by atoms with van der Waals surface area (Å²) in [5.74, 6) is 1.01. The number of hydrogen-bond acceptors (Lipinski definition) is 4. The minimum atomic E-state index is -1.66. The standard InChI is InChI=1S/C14H22N2O3Si/c1-9(2)10-8-19-14(15-10)13-11(16(17)18)6-7-12(13)20(3,4)5/h6-7,9-10,15H,8H2,1-5H3/b14-13+/t10-/m1/s1. The minimum absolute atomic E-state index is 0.148. The molecule has 1 saturated heterocycles. The first-order chi connectivity index (χ1) is 9.21. The van der Waals surface area contributed by atoms with E-state index < -0.39 is 8.07 Å². The molecular weight excluding hydrogens is 272 g/mol. The Morgan fingerprint density at radius 3 is 2.50 bits per heavy atom. The monoisotopic (exact) mass is 294 g/mol. The van der Waals surface area contributed by atoms with Gasteiger partial charge in [0, 0.05) is 6.08 Å². The van der Waals surface area contributed by atoms with Crippen LogP contribution >= 0.6 is 0 Å². The Labute approximate surface area is 120 Å². The fourth-order valence-electron chi connectivity index (χ4n) is 2.41. The van der Waals surface area contributed by atoms with E-state index in [1.54, 1.807) is 6.08 Å². The molecule has 110 valence electrons. The van der Waals surface area contributed by atoms with Crippen LogP contribution in [0.15, 0.2) is 34.5 Å². The maximum absolute atomic E-state index is 11.3. The number of nitrogens with zero attached hydrogens (tertiary/aromatic N) is 1. The van der Waals surface area contributed by atoms with Crippen molar-refractivity contribution in [3.05, 3.63) is 44.6 Å². The highest BCUT2D eigenvalue weighted by atomic mass is 28.3. The Hall–Kier alpha value is -1.56. The number of hydrogen-bond donors (Lipinski definition) is 1. The van der Waals surface area contributed by atoms with Crippen molar-refractivity contribution in [3.8, 4) is 0 Å². The van der Waals surface area contributed by atoms with Crippen LogP contribution in [0, 0.1) is 16.0 Å². The van der Waals surface area contributed by atoms with Gasteiger partial charge in [-0.05, 0) is 11.1 Å². The van der Waals surface area contributed by atoms with E-state index in [0.717, 1.165) is 5.20 Å². The highest BCUT2D eigenvalue weighted by Crippen LogP contribution is 2.36. The summed E-state index contributed by atoms with van der Waals surface area (Å²) in [5.41, 5.74) is 0.812. The molecule has 0 saturated carbocycles. The van der Waals surface area contributed by atoms with Crippen LogP contribution in [0.3, 0.4) is 0 Å². The minimum Gasteiger partial charge on any atom is -0.476 e. The lowest BCUT2D eigenvalue weighted by Crippen LogP contribution is -2.31. The van der Waals surface area contributed by atoms with E-state index in [1.807, 2.05) is 6.08 Å². The van der Waals surface area contributed by atoms with E-state index in [-0.39, 0.29) is 16.7 Å². The lowest BCUT2D eigenvalue weighted by atomic mass is 10.1. The summed E-state index contributed by atoms with van der Waals surface area (Å²) in [7, 11) is -1.66. The first-order valence-corrected chi connectivity index (χ1v) is 10.4. The van der Waals surface area contributed by atoms with E-state index in [2.05, 4.69) is 38.8 Å². The van der Waals surface area contributed by atoms with Crippen molar-refractivity contribution in [3.63, 3.8) is 0 Å². The third kappa shape index (κ3) is 2.65. The van der Waals surface area contributed by atoms with Crippen molar-refractivity contribution in [2.24, 2.45) is 5.92 Å². The molecule has 0 aromatic carbocycles. The predicted molar refractivity (Wildman–Crippen MR) is 81.2 cm³/mol. The molecule has 1 aliphatic heterocycles. The lowest BCUT2D eigenvalue weighted by molar-refractivity contribution is -0.420. The molecule has 0 amide bonds. The molecule has 20 heavy (non-hydrogen) atoms. The van der Waals surface area contributed by atoms with Gasteiger partial charge in [-0.1, -0.05) is 39.6 Å². The van der Waals surface area contributed by atoms with E-state index in [0.29, 0.717) is 24.0 Å². The molecule has 5 nitrogen and oxygen atoms in total. The van der Waals surface area contributed by atoms with Crippen LogP contribution in [0.1, 0.15) is 13.8 Å². The molecule has 0 spiro atoms. The van der Waals surface area contributed by atoms with Crippen LogP contribution in [0.5, 0.6) is 0 Å². The molecule has 0 aromatic heterocycles. The molecule has 0 unspecified atom stereocenters. The van der Waals surface area contributed by atoms with Crippen LogP contribution in [0.4, 0.5) is 0 Å². The molecule has 1 atom stereocenters. The second-order valence-corrected chi connectivity index (χ2v) is 11.7. The summed E-state index contributed by atoms with van der Waals surface area (Å²) in [5, 5.41) is 15.7. The maximum Gasteiger partial charge on any atom is 0.281 e. The van der Waals surface area contributed by atoms with Crippen molar-refractivity contribution >= 4 is 8.07 Å². The second kappa shape index (κ2) is 5.09. The van der Waals surface area contributed by atoms with Crippen molar-refractivity contribution in [1.29, 1.82) is 0 Å². The summed E-state index contributed by atoms with van der Waals surface area (Å²) < 4.78 is 5.72. The van der Waals surface area contributed by atoms with Crippen LogP contribution in [-0.2, 0) is 4.74 Å².